The summed E-state index contributed by atoms with van der Waals surface area (Å²) < 4.78 is 16.6. The van der Waals surface area contributed by atoms with E-state index in [0.29, 0.717) is 43.4 Å². The van der Waals surface area contributed by atoms with Gasteiger partial charge in [0.05, 0.1) is 19.8 Å². The van der Waals surface area contributed by atoms with Gasteiger partial charge in [-0.2, -0.15) is 0 Å². The maximum Gasteiger partial charge on any atom is 0.251 e. The first-order valence-electron chi connectivity index (χ1n) is 8.10. The van der Waals surface area contributed by atoms with Crippen LogP contribution in [0.5, 0.6) is 17.2 Å². The molecule has 0 saturated heterocycles. The third-order valence-electron chi connectivity index (χ3n) is 3.21. The van der Waals surface area contributed by atoms with Crippen LogP contribution in [0.25, 0.3) is 0 Å². The van der Waals surface area contributed by atoms with Gasteiger partial charge in [-0.1, -0.05) is 18.2 Å². The molecule has 1 amide bonds. The van der Waals surface area contributed by atoms with Crippen molar-refractivity contribution in [1.29, 1.82) is 0 Å². The zero-order chi connectivity index (χ0) is 17.2. The van der Waals surface area contributed by atoms with Crippen molar-refractivity contribution >= 4 is 5.91 Å². The predicted octanol–water partition coefficient (Wildman–Crippen LogP) is 3.29. The van der Waals surface area contributed by atoms with Crippen molar-refractivity contribution in [2.24, 2.45) is 0 Å². The van der Waals surface area contributed by atoms with E-state index >= 15 is 0 Å². The summed E-state index contributed by atoms with van der Waals surface area (Å²) in [5.74, 6) is 1.83. The van der Waals surface area contributed by atoms with Crippen molar-refractivity contribution in [2.75, 3.05) is 26.4 Å². The van der Waals surface area contributed by atoms with Crippen LogP contribution in [-0.2, 0) is 0 Å². The standard InChI is InChI=1S/C19H23NO4/c1-3-22-17-11-10-15(14-18(17)23-4-2)19(21)20-12-13-24-16-8-6-5-7-9-16/h5-11,14H,3-4,12-13H2,1-2H3,(H,20,21). The van der Waals surface area contributed by atoms with Crippen LogP contribution >= 0.6 is 0 Å². The summed E-state index contributed by atoms with van der Waals surface area (Å²) in [7, 11) is 0. The molecule has 0 heterocycles. The lowest BCUT2D eigenvalue weighted by atomic mass is 10.2. The maximum atomic E-state index is 12.2. The van der Waals surface area contributed by atoms with E-state index in [0.717, 1.165) is 5.75 Å². The number of carbonyl (C=O) groups is 1. The fraction of sp³-hybridized carbons (Fsp3) is 0.316. The molecule has 0 spiro atoms. The normalized spacial score (nSPS) is 10.1. The van der Waals surface area contributed by atoms with Gasteiger partial charge in [-0.25, -0.2) is 0 Å². The highest BCUT2D eigenvalue weighted by molar-refractivity contribution is 5.94. The Bertz CT molecular complexity index is 643. The molecule has 2 rings (SSSR count). The van der Waals surface area contributed by atoms with Crippen molar-refractivity contribution in [2.45, 2.75) is 13.8 Å². The van der Waals surface area contributed by atoms with Crippen LogP contribution in [0.15, 0.2) is 48.5 Å². The van der Waals surface area contributed by atoms with Crippen LogP contribution in [0, 0.1) is 0 Å². The van der Waals surface area contributed by atoms with Crippen LogP contribution in [0.3, 0.4) is 0 Å². The summed E-state index contributed by atoms with van der Waals surface area (Å²) in [6, 6.07) is 14.7. The summed E-state index contributed by atoms with van der Waals surface area (Å²) >= 11 is 0. The number of amides is 1. The smallest absolute Gasteiger partial charge is 0.251 e. The van der Waals surface area contributed by atoms with Crippen LogP contribution in [0.1, 0.15) is 24.2 Å². The highest BCUT2D eigenvalue weighted by Gasteiger charge is 2.11. The summed E-state index contributed by atoms with van der Waals surface area (Å²) in [5.41, 5.74) is 0.529. The van der Waals surface area contributed by atoms with Crippen LogP contribution in [0.2, 0.25) is 0 Å². The largest absolute Gasteiger partial charge is 0.492 e. The number of benzene rings is 2. The first kappa shape index (κ1) is 17.7. The zero-order valence-electron chi connectivity index (χ0n) is 14.1. The van der Waals surface area contributed by atoms with Crippen molar-refractivity contribution in [1.82, 2.24) is 5.32 Å². The van der Waals surface area contributed by atoms with Crippen molar-refractivity contribution < 1.29 is 19.0 Å². The summed E-state index contributed by atoms with van der Waals surface area (Å²) in [5, 5.41) is 2.83. The third-order valence-corrected chi connectivity index (χ3v) is 3.21. The van der Waals surface area contributed by atoms with Gasteiger partial charge in [0.1, 0.15) is 12.4 Å². The molecule has 0 aliphatic heterocycles. The van der Waals surface area contributed by atoms with Crippen molar-refractivity contribution in [3.8, 4) is 17.2 Å². The van der Waals surface area contributed by atoms with E-state index in [-0.39, 0.29) is 5.91 Å². The molecular weight excluding hydrogens is 306 g/mol. The van der Waals surface area contributed by atoms with Gasteiger partial charge >= 0.3 is 0 Å². The molecule has 5 nitrogen and oxygen atoms in total. The number of rotatable bonds is 9. The van der Waals surface area contributed by atoms with E-state index in [1.54, 1.807) is 18.2 Å². The fourth-order valence-corrected chi connectivity index (χ4v) is 2.14. The molecule has 128 valence electrons. The Kier molecular flexibility index (Phi) is 6.95. The van der Waals surface area contributed by atoms with Crippen LogP contribution < -0.4 is 19.5 Å². The van der Waals surface area contributed by atoms with Gasteiger partial charge < -0.3 is 19.5 Å². The van der Waals surface area contributed by atoms with Crippen LogP contribution in [0.4, 0.5) is 0 Å². The Morgan fingerprint density at radius 1 is 0.917 bits per heavy atom. The lowest BCUT2D eigenvalue weighted by Gasteiger charge is -2.12. The molecular formula is C19H23NO4. The molecule has 5 heteroatoms. The quantitative estimate of drug-likeness (QED) is 0.717. The predicted molar refractivity (Wildman–Crippen MR) is 93.1 cm³/mol. The Morgan fingerprint density at radius 2 is 1.62 bits per heavy atom. The second-order valence-electron chi connectivity index (χ2n) is 4.94. The minimum atomic E-state index is -0.171. The van der Waals surface area contributed by atoms with Crippen molar-refractivity contribution in [3.05, 3.63) is 54.1 Å². The van der Waals surface area contributed by atoms with Crippen molar-refractivity contribution in [3.63, 3.8) is 0 Å². The highest BCUT2D eigenvalue weighted by atomic mass is 16.5. The van der Waals surface area contributed by atoms with Gasteiger partial charge in [0.25, 0.3) is 5.91 Å². The second-order valence-corrected chi connectivity index (χ2v) is 4.94. The summed E-state index contributed by atoms with van der Waals surface area (Å²) in [6.45, 7) is 5.68. The molecule has 24 heavy (non-hydrogen) atoms. The van der Waals surface area contributed by atoms with Gasteiger partial charge in [-0.05, 0) is 44.2 Å². The lowest BCUT2D eigenvalue weighted by molar-refractivity contribution is 0.0946. The molecule has 0 atom stereocenters. The SMILES string of the molecule is CCOc1ccc(C(=O)NCCOc2ccccc2)cc1OCC. The van der Waals surface area contributed by atoms with E-state index in [9.17, 15) is 4.79 Å². The summed E-state index contributed by atoms with van der Waals surface area (Å²) in [6.07, 6.45) is 0. The van der Waals surface area contributed by atoms with Gasteiger partial charge in [0.2, 0.25) is 0 Å². The zero-order valence-corrected chi connectivity index (χ0v) is 14.1. The fourth-order valence-electron chi connectivity index (χ4n) is 2.14. The minimum absolute atomic E-state index is 0.171. The van der Waals surface area contributed by atoms with E-state index in [1.165, 1.54) is 0 Å². The Hall–Kier alpha value is -2.69. The first-order valence-corrected chi connectivity index (χ1v) is 8.10. The summed E-state index contributed by atoms with van der Waals surface area (Å²) in [4.78, 5) is 12.2. The topological polar surface area (TPSA) is 56.8 Å². The number of hydrogen-bond donors (Lipinski definition) is 1. The Labute approximate surface area is 142 Å². The van der Waals surface area contributed by atoms with Gasteiger partial charge in [0, 0.05) is 5.56 Å². The lowest BCUT2D eigenvalue weighted by Crippen LogP contribution is -2.28. The average molecular weight is 329 g/mol. The number of hydrogen-bond acceptors (Lipinski definition) is 4. The van der Waals surface area contributed by atoms with Crippen LogP contribution in [-0.4, -0.2) is 32.3 Å². The molecule has 0 aliphatic carbocycles. The molecule has 0 radical (unpaired) electrons. The van der Waals surface area contributed by atoms with Gasteiger partial charge in [-0.3, -0.25) is 4.79 Å². The third kappa shape index (κ3) is 5.19. The molecule has 0 saturated carbocycles. The average Bonchev–Trinajstić information content (AvgIpc) is 2.61. The monoisotopic (exact) mass is 329 g/mol. The van der Waals surface area contributed by atoms with E-state index in [2.05, 4.69) is 5.32 Å². The first-order chi connectivity index (χ1) is 11.7. The maximum absolute atomic E-state index is 12.2. The van der Waals surface area contributed by atoms with E-state index < -0.39 is 0 Å². The molecule has 0 fully saturated rings. The second kappa shape index (κ2) is 9.45. The molecule has 0 bridgehead atoms. The number of para-hydroxylation sites is 1. The molecule has 0 aromatic heterocycles. The minimum Gasteiger partial charge on any atom is -0.492 e. The molecule has 1 N–H and O–H groups in total. The van der Waals surface area contributed by atoms with E-state index in [4.69, 9.17) is 14.2 Å². The Morgan fingerprint density at radius 3 is 2.33 bits per heavy atom. The number of ether oxygens (including phenoxy) is 3. The molecule has 0 aliphatic rings. The number of carbonyl (C=O) groups excluding carboxylic acids is 1. The highest BCUT2D eigenvalue weighted by Crippen LogP contribution is 2.28. The molecule has 0 unspecified atom stereocenters. The molecule has 2 aromatic carbocycles. The number of nitrogens with one attached hydrogen (secondary N) is 1. The van der Waals surface area contributed by atoms with E-state index in [1.807, 2.05) is 44.2 Å². The Balaban J connectivity index is 1.88. The van der Waals surface area contributed by atoms with Gasteiger partial charge in [0.15, 0.2) is 11.5 Å². The molecule has 2 aromatic rings. The van der Waals surface area contributed by atoms with Gasteiger partial charge in [-0.15, -0.1) is 0 Å².